The number of hydrogen-bond acceptors (Lipinski definition) is 6. The van der Waals surface area contributed by atoms with E-state index in [2.05, 4.69) is 0 Å². The van der Waals surface area contributed by atoms with Gasteiger partial charge in [-0.1, -0.05) is 12.1 Å². The van der Waals surface area contributed by atoms with E-state index in [1.54, 1.807) is 38.4 Å². The molecule has 0 spiro atoms. The quantitative estimate of drug-likeness (QED) is 0.347. The lowest BCUT2D eigenvalue weighted by atomic mass is 10.1. The van der Waals surface area contributed by atoms with Crippen molar-refractivity contribution in [3.63, 3.8) is 0 Å². The molecule has 0 saturated heterocycles. The normalized spacial score (nSPS) is 10.6. The minimum absolute atomic E-state index is 0.0974. The molecule has 2 rings (SSSR count). The number of ketones is 1. The maximum Gasteiger partial charge on any atom is 0.311 e. The van der Waals surface area contributed by atoms with Gasteiger partial charge in [-0.2, -0.15) is 0 Å². The number of aromatic hydroxyl groups is 1. The smallest absolute Gasteiger partial charge is 0.311 e. The summed E-state index contributed by atoms with van der Waals surface area (Å²) in [5.41, 5.74) is 0.374. The van der Waals surface area contributed by atoms with Crippen molar-refractivity contribution in [3.05, 3.63) is 69.8 Å². The van der Waals surface area contributed by atoms with Crippen LogP contribution < -0.4 is 4.74 Å². The van der Waals surface area contributed by atoms with Gasteiger partial charge >= 0.3 is 5.69 Å². The van der Waals surface area contributed by atoms with Gasteiger partial charge in [0.2, 0.25) is 0 Å². The highest BCUT2D eigenvalue weighted by molar-refractivity contribution is 6.06. The number of phenols is 1. The first-order valence-corrected chi connectivity index (χ1v) is 7.91. The Kier molecular flexibility index (Phi) is 6.27. The topological polar surface area (TPSA) is 110 Å². The van der Waals surface area contributed by atoms with E-state index in [1.807, 2.05) is 0 Å². The predicted molar refractivity (Wildman–Crippen MR) is 98.8 cm³/mol. The van der Waals surface area contributed by atoms with Crippen LogP contribution in [0.2, 0.25) is 0 Å². The number of ether oxygens (including phenoxy) is 1. The molecule has 2 aromatic rings. The van der Waals surface area contributed by atoms with Crippen LogP contribution in [0.5, 0.6) is 11.5 Å². The van der Waals surface area contributed by atoms with Crippen LogP contribution in [0, 0.1) is 10.1 Å². The Bertz CT molecular complexity index is 888. The van der Waals surface area contributed by atoms with Crippen molar-refractivity contribution in [1.29, 1.82) is 0 Å². The van der Waals surface area contributed by atoms with Crippen LogP contribution in [0.1, 0.15) is 15.9 Å². The molecule has 0 heterocycles. The zero-order valence-corrected chi connectivity index (χ0v) is 14.8. The average molecular weight is 370 g/mol. The number of allylic oxidation sites excluding steroid dienone is 1. The monoisotopic (exact) mass is 370 g/mol. The predicted octanol–water partition coefficient (Wildman–Crippen LogP) is 2.66. The highest BCUT2D eigenvalue weighted by Crippen LogP contribution is 2.26. The van der Waals surface area contributed by atoms with E-state index < -0.39 is 16.4 Å². The molecule has 0 atom stereocenters. The Balaban J connectivity index is 2.03. The number of nitrogens with zero attached hydrogens (tertiary/aromatic N) is 2. The second-order valence-electron chi connectivity index (χ2n) is 5.80. The molecule has 0 unspecified atom stereocenters. The van der Waals surface area contributed by atoms with Gasteiger partial charge in [0.05, 0.1) is 4.92 Å². The van der Waals surface area contributed by atoms with Crippen molar-refractivity contribution >= 4 is 23.5 Å². The minimum Gasteiger partial charge on any atom is -0.502 e. The van der Waals surface area contributed by atoms with Crippen molar-refractivity contribution in [2.24, 2.45) is 0 Å². The molecule has 1 N–H and O–H groups in total. The van der Waals surface area contributed by atoms with E-state index in [0.717, 1.165) is 0 Å². The molecule has 8 nitrogen and oxygen atoms in total. The fourth-order valence-corrected chi connectivity index (χ4v) is 2.05. The summed E-state index contributed by atoms with van der Waals surface area (Å²) < 4.78 is 5.33. The van der Waals surface area contributed by atoms with E-state index in [4.69, 9.17) is 4.74 Å². The number of phenolic OH excluding ortho intramolecular Hbond substituents is 1. The van der Waals surface area contributed by atoms with Crippen molar-refractivity contribution in [1.82, 2.24) is 4.90 Å². The number of hydrogen-bond donors (Lipinski definition) is 1. The summed E-state index contributed by atoms with van der Waals surface area (Å²) in [5.74, 6) is -0.463. The maximum atomic E-state index is 12.2. The molecular weight excluding hydrogens is 352 g/mol. The van der Waals surface area contributed by atoms with Crippen LogP contribution in [0.15, 0.2) is 48.5 Å². The third-order valence-electron chi connectivity index (χ3n) is 3.62. The number of rotatable bonds is 7. The van der Waals surface area contributed by atoms with Crippen molar-refractivity contribution in [3.8, 4) is 11.5 Å². The lowest BCUT2D eigenvalue weighted by Gasteiger charge is -2.11. The first-order chi connectivity index (χ1) is 12.8. The summed E-state index contributed by atoms with van der Waals surface area (Å²) in [6, 6.07) is 10.1. The van der Waals surface area contributed by atoms with E-state index in [-0.39, 0.29) is 18.3 Å². The summed E-state index contributed by atoms with van der Waals surface area (Å²) in [4.78, 5) is 35.2. The van der Waals surface area contributed by atoms with Gasteiger partial charge in [0.15, 0.2) is 18.1 Å². The summed E-state index contributed by atoms with van der Waals surface area (Å²) in [6.45, 7) is -0.0974. The Morgan fingerprint density at radius 2 is 1.85 bits per heavy atom. The van der Waals surface area contributed by atoms with Crippen molar-refractivity contribution < 1.29 is 24.4 Å². The van der Waals surface area contributed by atoms with Gasteiger partial charge in [0.25, 0.3) is 5.91 Å². The van der Waals surface area contributed by atoms with Crippen LogP contribution >= 0.6 is 0 Å². The maximum absolute atomic E-state index is 12.2. The summed E-state index contributed by atoms with van der Waals surface area (Å²) >= 11 is 0. The molecule has 0 fully saturated rings. The highest BCUT2D eigenvalue weighted by atomic mass is 16.6. The molecule has 0 bridgehead atoms. The van der Waals surface area contributed by atoms with Crippen LogP contribution in [-0.2, 0) is 4.79 Å². The average Bonchev–Trinajstić information content (AvgIpc) is 2.65. The van der Waals surface area contributed by atoms with E-state index in [1.165, 1.54) is 35.3 Å². The van der Waals surface area contributed by atoms with Crippen LogP contribution in [0.4, 0.5) is 5.69 Å². The number of likely N-dealkylation sites (N-methyl/N-ethyl adjacent to an activating group) is 1. The molecular formula is C19H18N2O6. The fraction of sp³-hybridized carbons (Fsp3) is 0.158. The largest absolute Gasteiger partial charge is 0.502 e. The van der Waals surface area contributed by atoms with Gasteiger partial charge in [-0.3, -0.25) is 19.7 Å². The first kappa shape index (κ1) is 19.6. The second-order valence-corrected chi connectivity index (χ2v) is 5.80. The molecule has 1 amide bonds. The molecule has 0 aliphatic carbocycles. The molecule has 27 heavy (non-hydrogen) atoms. The Morgan fingerprint density at radius 3 is 2.44 bits per heavy atom. The van der Waals surface area contributed by atoms with Gasteiger partial charge < -0.3 is 14.7 Å². The zero-order valence-electron chi connectivity index (χ0n) is 14.8. The number of benzene rings is 2. The molecule has 0 radical (unpaired) electrons. The number of amides is 1. The second kappa shape index (κ2) is 8.61. The molecule has 0 aliphatic heterocycles. The highest BCUT2D eigenvalue weighted by Gasteiger charge is 2.12. The number of carbonyl (C=O) groups excluding carboxylic acids is 2. The minimum atomic E-state index is -0.700. The van der Waals surface area contributed by atoms with Crippen molar-refractivity contribution in [2.75, 3.05) is 20.7 Å². The number of nitro benzene ring substituents is 1. The van der Waals surface area contributed by atoms with Gasteiger partial charge in [-0.15, -0.1) is 0 Å². The van der Waals surface area contributed by atoms with Crippen molar-refractivity contribution in [2.45, 2.75) is 0 Å². The Labute approximate surface area is 155 Å². The third-order valence-corrected chi connectivity index (χ3v) is 3.62. The van der Waals surface area contributed by atoms with Gasteiger partial charge in [0, 0.05) is 25.7 Å². The first-order valence-electron chi connectivity index (χ1n) is 7.91. The van der Waals surface area contributed by atoms with Crippen LogP contribution in [0.25, 0.3) is 6.08 Å². The summed E-state index contributed by atoms with van der Waals surface area (Å²) in [6.07, 6.45) is 2.70. The van der Waals surface area contributed by atoms with Crippen LogP contribution in [0.3, 0.4) is 0 Å². The number of nitro groups is 1. The van der Waals surface area contributed by atoms with Gasteiger partial charge in [-0.05, 0) is 42.0 Å². The molecule has 140 valence electrons. The Hall–Kier alpha value is -3.68. The standard InChI is InChI=1S/C19H18N2O6/c1-20(2)19(24)12-27-15-7-5-14(6-8-15)17(22)9-3-13-4-10-18(23)16(11-13)21(25)26/h3-11,23H,12H2,1-2H3. The fourth-order valence-electron chi connectivity index (χ4n) is 2.05. The van der Waals surface area contributed by atoms with Crippen LogP contribution in [-0.4, -0.2) is 47.3 Å². The van der Waals surface area contributed by atoms with E-state index >= 15 is 0 Å². The zero-order chi connectivity index (χ0) is 20.0. The molecule has 0 aromatic heterocycles. The van der Waals surface area contributed by atoms with E-state index in [0.29, 0.717) is 16.9 Å². The molecule has 0 saturated carbocycles. The SMILES string of the molecule is CN(C)C(=O)COc1ccc(C(=O)C=Cc2ccc(O)c([N+](=O)[O-])c2)cc1. The third kappa shape index (κ3) is 5.40. The van der Waals surface area contributed by atoms with Gasteiger partial charge in [0.1, 0.15) is 5.75 Å². The van der Waals surface area contributed by atoms with E-state index in [9.17, 15) is 24.8 Å². The number of carbonyl (C=O) groups is 2. The molecule has 8 heteroatoms. The molecule has 0 aliphatic rings. The molecule has 2 aromatic carbocycles. The summed E-state index contributed by atoms with van der Waals surface area (Å²) in [5, 5.41) is 20.2. The lowest BCUT2D eigenvalue weighted by Crippen LogP contribution is -2.27. The lowest BCUT2D eigenvalue weighted by molar-refractivity contribution is -0.385. The Morgan fingerprint density at radius 1 is 1.19 bits per heavy atom. The van der Waals surface area contributed by atoms with Gasteiger partial charge in [-0.25, -0.2) is 0 Å². The summed E-state index contributed by atoms with van der Waals surface area (Å²) in [7, 11) is 3.25.